The van der Waals surface area contributed by atoms with Crippen molar-refractivity contribution in [3.8, 4) is 0 Å². The Labute approximate surface area is 132 Å². The van der Waals surface area contributed by atoms with Crippen LogP contribution in [0, 0.1) is 13.8 Å². The molecule has 0 aliphatic rings. The van der Waals surface area contributed by atoms with E-state index in [1.165, 1.54) is 17.8 Å². The molecule has 1 heterocycles. The number of thioether (sulfide) groups is 1. The van der Waals surface area contributed by atoms with Crippen LogP contribution in [0.15, 0.2) is 39.6 Å². The third-order valence-corrected chi connectivity index (χ3v) is 4.29. The lowest BCUT2D eigenvalue weighted by atomic mass is 10.2. The molecule has 2 rings (SSSR count). The maximum Gasteiger partial charge on any atom is 0.339 e. The first-order chi connectivity index (χ1) is 10.5. The molecule has 0 atom stereocenters. The number of nitrogens with one attached hydrogen (secondary N) is 1. The van der Waals surface area contributed by atoms with Crippen molar-refractivity contribution in [2.24, 2.45) is 0 Å². The van der Waals surface area contributed by atoms with E-state index in [0.717, 1.165) is 10.5 Å². The lowest BCUT2D eigenvalue weighted by molar-refractivity contribution is -0.118. The van der Waals surface area contributed by atoms with E-state index in [9.17, 15) is 9.59 Å². The van der Waals surface area contributed by atoms with Gasteiger partial charge in [-0.15, -0.1) is 11.8 Å². The third kappa shape index (κ3) is 4.14. The summed E-state index contributed by atoms with van der Waals surface area (Å²) in [5.74, 6) is -0.0839. The van der Waals surface area contributed by atoms with Crippen LogP contribution in [-0.2, 0) is 11.3 Å². The lowest BCUT2D eigenvalue weighted by Crippen LogP contribution is -2.24. The SMILES string of the molecule is Cc1ccccc1SCC(=O)NCc1cc(C(=O)O)c(C)o1. The molecule has 116 valence electrons. The fraction of sp³-hybridized carbons (Fsp3) is 0.250. The van der Waals surface area contributed by atoms with Crippen molar-refractivity contribution >= 4 is 23.6 Å². The first-order valence-electron chi connectivity index (χ1n) is 6.75. The van der Waals surface area contributed by atoms with Crippen molar-refractivity contribution in [2.75, 3.05) is 5.75 Å². The molecule has 0 saturated carbocycles. The zero-order valence-electron chi connectivity index (χ0n) is 12.4. The third-order valence-electron chi connectivity index (χ3n) is 3.11. The maximum atomic E-state index is 11.8. The molecule has 1 aromatic heterocycles. The maximum absolute atomic E-state index is 11.8. The molecule has 0 aliphatic carbocycles. The topological polar surface area (TPSA) is 79.5 Å². The van der Waals surface area contributed by atoms with Crippen LogP contribution in [0.25, 0.3) is 0 Å². The van der Waals surface area contributed by atoms with Gasteiger partial charge in [-0.2, -0.15) is 0 Å². The second-order valence-corrected chi connectivity index (χ2v) is 5.84. The summed E-state index contributed by atoms with van der Waals surface area (Å²) >= 11 is 1.47. The second kappa shape index (κ2) is 7.17. The number of carbonyl (C=O) groups excluding carboxylic acids is 1. The predicted octanol–water partition coefficient (Wildman–Crippen LogP) is 3.00. The highest BCUT2D eigenvalue weighted by atomic mass is 32.2. The van der Waals surface area contributed by atoms with Crippen molar-refractivity contribution in [1.82, 2.24) is 5.32 Å². The number of carbonyl (C=O) groups is 2. The number of furan rings is 1. The van der Waals surface area contributed by atoms with Crippen LogP contribution in [0.5, 0.6) is 0 Å². The summed E-state index contributed by atoms with van der Waals surface area (Å²) in [6.07, 6.45) is 0. The highest BCUT2D eigenvalue weighted by Gasteiger charge is 2.14. The molecule has 0 unspecified atom stereocenters. The molecule has 0 bridgehead atoms. The standard InChI is InChI=1S/C16H17NO4S/c1-10-5-3-4-6-14(10)22-9-15(18)17-8-12-7-13(16(19)20)11(2)21-12/h3-7H,8-9H2,1-2H3,(H,17,18)(H,19,20). The number of carboxylic acid groups (broad SMARTS) is 1. The van der Waals surface area contributed by atoms with Gasteiger partial charge in [-0.3, -0.25) is 4.79 Å². The van der Waals surface area contributed by atoms with Crippen molar-refractivity contribution in [1.29, 1.82) is 0 Å². The van der Waals surface area contributed by atoms with Gasteiger partial charge in [0, 0.05) is 4.90 Å². The molecule has 2 aromatic rings. The van der Waals surface area contributed by atoms with E-state index >= 15 is 0 Å². The summed E-state index contributed by atoms with van der Waals surface area (Å²) in [6.45, 7) is 3.77. The fourth-order valence-electron chi connectivity index (χ4n) is 1.94. The van der Waals surface area contributed by atoms with Gasteiger partial charge in [0.2, 0.25) is 5.91 Å². The monoisotopic (exact) mass is 319 g/mol. The number of hydrogen-bond donors (Lipinski definition) is 2. The summed E-state index contributed by atoms with van der Waals surface area (Å²) in [5, 5.41) is 11.7. The Kier molecular flexibility index (Phi) is 5.27. The van der Waals surface area contributed by atoms with Crippen LogP contribution in [-0.4, -0.2) is 22.7 Å². The Morgan fingerprint density at radius 2 is 2.00 bits per heavy atom. The number of aryl methyl sites for hydroxylation is 2. The van der Waals surface area contributed by atoms with Gasteiger partial charge in [-0.05, 0) is 31.5 Å². The van der Waals surface area contributed by atoms with Crippen molar-refractivity contribution in [2.45, 2.75) is 25.3 Å². The highest BCUT2D eigenvalue weighted by Crippen LogP contribution is 2.21. The second-order valence-electron chi connectivity index (χ2n) is 4.82. The minimum absolute atomic E-state index is 0.124. The normalized spacial score (nSPS) is 10.5. The predicted molar refractivity (Wildman–Crippen MR) is 84.2 cm³/mol. The van der Waals surface area contributed by atoms with Gasteiger partial charge in [0.15, 0.2) is 0 Å². The average molecular weight is 319 g/mol. The van der Waals surface area contributed by atoms with E-state index in [1.807, 2.05) is 31.2 Å². The van der Waals surface area contributed by atoms with Gasteiger partial charge in [0.25, 0.3) is 0 Å². The molecule has 0 fully saturated rings. The molecule has 0 spiro atoms. The van der Waals surface area contributed by atoms with Crippen LogP contribution in [0.2, 0.25) is 0 Å². The summed E-state index contributed by atoms with van der Waals surface area (Å²) < 4.78 is 5.31. The average Bonchev–Trinajstić information content (AvgIpc) is 2.85. The summed E-state index contributed by atoms with van der Waals surface area (Å²) in [7, 11) is 0. The van der Waals surface area contributed by atoms with Gasteiger partial charge < -0.3 is 14.8 Å². The van der Waals surface area contributed by atoms with Crippen molar-refractivity contribution in [3.63, 3.8) is 0 Å². The molecule has 22 heavy (non-hydrogen) atoms. The zero-order valence-corrected chi connectivity index (χ0v) is 13.2. The Morgan fingerprint density at radius 1 is 1.27 bits per heavy atom. The van der Waals surface area contributed by atoms with Crippen LogP contribution in [0.4, 0.5) is 0 Å². The Balaban J connectivity index is 1.84. The van der Waals surface area contributed by atoms with Gasteiger partial charge in [-0.25, -0.2) is 4.79 Å². The quantitative estimate of drug-likeness (QED) is 0.800. The molecule has 0 saturated heterocycles. The smallest absolute Gasteiger partial charge is 0.339 e. The first kappa shape index (κ1) is 16.2. The van der Waals surface area contributed by atoms with Gasteiger partial charge >= 0.3 is 5.97 Å². The summed E-state index contributed by atoms with van der Waals surface area (Å²) in [5.41, 5.74) is 1.26. The Morgan fingerprint density at radius 3 is 2.64 bits per heavy atom. The van der Waals surface area contributed by atoms with E-state index in [4.69, 9.17) is 9.52 Å². The molecule has 1 aromatic carbocycles. The highest BCUT2D eigenvalue weighted by molar-refractivity contribution is 8.00. The van der Waals surface area contributed by atoms with Gasteiger partial charge in [0.1, 0.15) is 17.1 Å². The van der Waals surface area contributed by atoms with Crippen LogP contribution in [0.1, 0.15) is 27.4 Å². The van der Waals surface area contributed by atoms with E-state index in [-0.39, 0.29) is 18.0 Å². The van der Waals surface area contributed by atoms with E-state index in [1.54, 1.807) is 6.92 Å². The van der Waals surface area contributed by atoms with Gasteiger partial charge in [-0.1, -0.05) is 18.2 Å². The number of aromatic carboxylic acids is 1. The Bertz CT molecular complexity index is 693. The molecule has 0 aliphatic heterocycles. The number of amides is 1. The van der Waals surface area contributed by atoms with Crippen LogP contribution >= 0.6 is 11.8 Å². The van der Waals surface area contributed by atoms with E-state index < -0.39 is 5.97 Å². The molecule has 0 radical (unpaired) electrons. The molecular formula is C16H17NO4S. The van der Waals surface area contributed by atoms with E-state index in [2.05, 4.69) is 5.32 Å². The number of rotatable bonds is 6. The molecule has 5 nitrogen and oxygen atoms in total. The molecular weight excluding hydrogens is 302 g/mol. The fourth-order valence-corrected chi connectivity index (χ4v) is 2.80. The van der Waals surface area contributed by atoms with E-state index in [0.29, 0.717) is 17.3 Å². The molecule has 1 amide bonds. The number of benzene rings is 1. The molecule has 6 heteroatoms. The minimum Gasteiger partial charge on any atom is -0.478 e. The molecule has 2 N–H and O–H groups in total. The summed E-state index contributed by atoms with van der Waals surface area (Å²) in [6, 6.07) is 9.30. The largest absolute Gasteiger partial charge is 0.478 e. The Hall–Kier alpha value is -2.21. The van der Waals surface area contributed by atoms with Crippen LogP contribution in [0.3, 0.4) is 0 Å². The van der Waals surface area contributed by atoms with Crippen molar-refractivity contribution < 1.29 is 19.1 Å². The number of hydrogen-bond acceptors (Lipinski definition) is 4. The van der Waals surface area contributed by atoms with Gasteiger partial charge in [0.05, 0.1) is 12.3 Å². The lowest BCUT2D eigenvalue weighted by Gasteiger charge is -2.05. The number of carboxylic acids is 1. The zero-order chi connectivity index (χ0) is 16.1. The minimum atomic E-state index is -1.03. The van der Waals surface area contributed by atoms with Crippen molar-refractivity contribution in [3.05, 3.63) is 53.0 Å². The first-order valence-corrected chi connectivity index (χ1v) is 7.73. The summed E-state index contributed by atoms with van der Waals surface area (Å²) in [4.78, 5) is 23.8. The van der Waals surface area contributed by atoms with Crippen LogP contribution < -0.4 is 5.32 Å².